The van der Waals surface area contributed by atoms with Gasteiger partial charge in [0.2, 0.25) is 0 Å². The Bertz CT molecular complexity index is 219. The van der Waals surface area contributed by atoms with Gasteiger partial charge in [0.25, 0.3) is 0 Å². The van der Waals surface area contributed by atoms with Crippen molar-refractivity contribution in [1.82, 2.24) is 10.2 Å². The first kappa shape index (κ1) is 15.0. The highest BCUT2D eigenvalue weighted by molar-refractivity contribution is 4.85. The molecule has 0 aromatic rings. The van der Waals surface area contributed by atoms with Crippen LogP contribution >= 0.6 is 0 Å². The number of hydrogen-bond acceptors (Lipinski definition) is 2. The van der Waals surface area contributed by atoms with E-state index in [0.717, 1.165) is 18.4 Å². The minimum atomic E-state index is 0.365. The van der Waals surface area contributed by atoms with Crippen LogP contribution < -0.4 is 5.32 Å². The normalized spacial score (nSPS) is 26.3. The van der Waals surface area contributed by atoms with Gasteiger partial charge in [0.15, 0.2) is 0 Å². The second kappa shape index (κ2) is 6.19. The lowest BCUT2D eigenvalue weighted by Crippen LogP contribution is -2.42. The van der Waals surface area contributed by atoms with Crippen LogP contribution in [-0.2, 0) is 0 Å². The fourth-order valence-electron chi connectivity index (χ4n) is 2.58. The number of rotatable bonds is 7. The molecule has 102 valence electrons. The molecule has 1 aliphatic rings. The Kier molecular flexibility index (Phi) is 5.46. The van der Waals surface area contributed by atoms with Crippen molar-refractivity contribution in [3.8, 4) is 0 Å². The van der Waals surface area contributed by atoms with E-state index in [9.17, 15) is 0 Å². The van der Waals surface area contributed by atoms with Crippen molar-refractivity contribution in [2.45, 2.75) is 53.5 Å². The summed E-state index contributed by atoms with van der Waals surface area (Å²) in [6.07, 6.45) is 2.70. The Hall–Kier alpha value is -0.0800. The van der Waals surface area contributed by atoms with Crippen molar-refractivity contribution in [2.24, 2.45) is 17.3 Å². The van der Waals surface area contributed by atoms with Gasteiger partial charge >= 0.3 is 0 Å². The monoisotopic (exact) mass is 240 g/mol. The molecule has 1 rings (SSSR count). The molecule has 0 aromatic carbocycles. The Balaban J connectivity index is 2.25. The first-order valence-electron chi connectivity index (χ1n) is 7.26. The molecular formula is C15H32N2. The second-order valence-electron chi connectivity index (χ2n) is 7.00. The van der Waals surface area contributed by atoms with Crippen LogP contribution in [0.1, 0.15) is 47.5 Å². The Morgan fingerprint density at radius 1 is 1.35 bits per heavy atom. The zero-order valence-electron chi connectivity index (χ0n) is 12.7. The minimum absolute atomic E-state index is 0.365. The molecule has 0 amide bonds. The molecule has 0 aliphatic heterocycles. The Labute approximate surface area is 108 Å². The van der Waals surface area contributed by atoms with Crippen LogP contribution in [0.2, 0.25) is 0 Å². The van der Waals surface area contributed by atoms with Gasteiger partial charge in [-0.2, -0.15) is 0 Å². The van der Waals surface area contributed by atoms with Gasteiger partial charge in [-0.3, -0.25) is 0 Å². The molecule has 3 unspecified atom stereocenters. The van der Waals surface area contributed by atoms with E-state index in [1.807, 2.05) is 0 Å². The molecule has 0 saturated heterocycles. The van der Waals surface area contributed by atoms with Gasteiger partial charge in [0.05, 0.1) is 0 Å². The summed E-state index contributed by atoms with van der Waals surface area (Å²) in [4.78, 5) is 2.52. The van der Waals surface area contributed by atoms with E-state index in [1.54, 1.807) is 0 Å². The molecule has 0 bridgehead atoms. The fraction of sp³-hybridized carbons (Fsp3) is 1.00. The van der Waals surface area contributed by atoms with Gasteiger partial charge in [-0.15, -0.1) is 0 Å². The van der Waals surface area contributed by atoms with E-state index < -0.39 is 0 Å². The molecule has 1 saturated carbocycles. The molecule has 2 heteroatoms. The highest BCUT2D eigenvalue weighted by Gasteiger charge is 2.33. The molecule has 17 heavy (non-hydrogen) atoms. The number of hydrogen-bond donors (Lipinski definition) is 1. The molecule has 0 aromatic heterocycles. The molecule has 1 aliphatic carbocycles. The molecular weight excluding hydrogens is 208 g/mol. The van der Waals surface area contributed by atoms with Crippen molar-refractivity contribution in [1.29, 1.82) is 0 Å². The van der Waals surface area contributed by atoms with E-state index in [1.165, 1.54) is 25.9 Å². The summed E-state index contributed by atoms with van der Waals surface area (Å²) >= 11 is 0. The van der Waals surface area contributed by atoms with Gasteiger partial charge in [-0.25, -0.2) is 0 Å². The summed E-state index contributed by atoms with van der Waals surface area (Å²) in [7, 11) is 2.27. The number of nitrogens with zero attached hydrogens (tertiary/aromatic N) is 1. The summed E-state index contributed by atoms with van der Waals surface area (Å²) in [6.45, 7) is 15.2. The quantitative estimate of drug-likeness (QED) is 0.736. The Morgan fingerprint density at radius 2 is 1.94 bits per heavy atom. The molecule has 0 spiro atoms. The van der Waals surface area contributed by atoms with Crippen molar-refractivity contribution in [3.05, 3.63) is 0 Å². The summed E-state index contributed by atoms with van der Waals surface area (Å²) in [5, 5.41) is 3.63. The molecule has 0 radical (unpaired) electrons. The predicted molar refractivity (Wildman–Crippen MR) is 76.3 cm³/mol. The van der Waals surface area contributed by atoms with Gasteiger partial charge < -0.3 is 10.2 Å². The van der Waals surface area contributed by atoms with Gasteiger partial charge in [0, 0.05) is 12.6 Å². The first-order valence-corrected chi connectivity index (χ1v) is 7.26. The van der Waals surface area contributed by atoms with Gasteiger partial charge in [-0.05, 0) is 50.2 Å². The Morgan fingerprint density at radius 3 is 2.35 bits per heavy atom. The second-order valence-corrected chi connectivity index (χ2v) is 7.00. The van der Waals surface area contributed by atoms with Crippen molar-refractivity contribution < 1.29 is 0 Å². The summed E-state index contributed by atoms with van der Waals surface area (Å²) in [5.74, 6) is 1.96. The third kappa shape index (κ3) is 5.39. The number of nitrogens with one attached hydrogen (secondary N) is 1. The van der Waals surface area contributed by atoms with Crippen LogP contribution in [0.4, 0.5) is 0 Å². The molecule has 0 heterocycles. The van der Waals surface area contributed by atoms with E-state index in [4.69, 9.17) is 0 Å². The van der Waals surface area contributed by atoms with E-state index >= 15 is 0 Å². The topological polar surface area (TPSA) is 15.3 Å². The lowest BCUT2D eigenvalue weighted by atomic mass is 9.84. The molecule has 2 nitrogen and oxygen atoms in total. The van der Waals surface area contributed by atoms with Crippen molar-refractivity contribution in [3.63, 3.8) is 0 Å². The van der Waals surface area contributed by atoms with Crippen LogP contribution in [-0.4, -0.2) is 37.6 Å². The van der Waals surface area contributed by atoms with E-state index in [2.05, 4.69) is 51.9 Å². The SMILES string of the molecule is CCNC(CCN(C)CC1CC1C)C(C)(C)C. The van der Waals surface area contributed by atoms with E-state index in [-0.39, 0.29) is 0 Å². The highest BCUT2D eigenvalue weighted by Crippen LogP contribution is 2.38. The van der Waals surface area contributed by atoms with E-state index in [0.29, 0.717) is 11.5 Å². The summed E-state index contributed by atoms with van der Waals surface area (Å²) in [6, 6.07) is 0.631. The summed E-state index contributed by atoms with van der Waals surface area (Å²) in [5.41, 5.74) is 0.365. The average molecular weight is 240 g/mol. The molecule has 1 N–H and O–H groups in total. The largest absolute Gasteiger partial charge is 0.314 e. The van der Waals surface area contributed by atoms with Gasteiger partial charge in [0.1, 0.15) is 0 Å². The highest BCUT2D eigenvalue weighted by atomic mass is 15.1. The van der Waals surface area contributed by atoms with Crippen LogP contribution in [0.25, 0.3) is 0 Å². The van der Waals surface area contributed by atoms with Crippen LogP contribution in [0.15, 0.2) is 0 Å². The predicted octanol–water partition coefficient (Wildman–Crippen LogP) is 2.99. The summed E-state index contributed by atoms with van der Waals surface area (Å²) < 4.78 is 0. The smallest absolute Gasteiger partial charge is 0.0128 e. The fourth-order valence-corrected chi connectivity index (χ4v) is 2.58. The van der Waals surface area contributed by atoms with Crippen molar-refractivity contribution in [2.75, 3.05) is 26.7 Å². The lowest BCUT2D eigenvalue weighted by Gasteiger charge is -2.33. The zero-order valence-corrected chi connectivity index (χ0v) is 12.7. The maximum Gasteiger partial charge on any atom is 0.0128 e. The first-order chi connectivity index (χ1) is 7.84. The average Bonchev–Trinajstić information content (AvgIpc) is 2.87. The zero-order chi connectivity index (χ0) is 13.1. The third-order valence-electron chi connectivity index (χ3n) is 4.12. The van der Waals surface area contributed by atoms with Crippen LogP contribution in [0.3, 0.4) is 0 Å². The molecule has 1 fully saturated rings. The maximum absolute atomic E-state index is 3.63. The molecule has 3 atom stereocenters. The maximum atomic E-state index is 3.63. The van der Waals surface area contributed by atoms with Gasteiger partial charge in [-0.1, -0.05) is 34.6 Å². The standard InChI is InChI=1S/C15H32N2/c1-7-16-14(15(3,4)5)8-9-17(6)11-13-10-12(13)2/h12-14,16H,7-11H2,1-6H3. The van der Waals surface area contributed by atoms with Crippen LogP contribution in [0.5, 0.6) is 0 Å². The van der Waals surface area contributed by atoms with Crippen molar-refractivity contribution >= 4 is 0 Å². The van der Waals surface area contributed by atoms with Crippen LogP contribution in [0, 0.1) is 17.3 Å². The third-order valence-corrected chi connectivity index (χ3v) is 4.12. The lowest BCUT2D eigenvalue weighted by molar-refractivity contribution is 0.219. The minimum Gasteiger partial charge on any atom is -0.314 e.